The molecule has 0 saturated heterocycles. The van der Waals surface area contributed by atoms with Gasteiger partial charge in [0.15, 0.2) is 5.96 Å². The van der Waals surface area contributed by atoms with Gasteiger partial charge in [0, 0.05) is 20.1 Å². The largest absolute Gasteiger partial charge is 0.497 e. The molecule has 2 aromatic carbocycles. The molecule has 4 nitrogen and oxygen atoms in total. The van der Waals surface area contributed by atoms with Crippen LogP contribution in [0.4, 0.5) is 4.39 Å². The average Bonchev–Trinajstić information content (AvgIpc) is 2.57. The number of nitrogens with one attached hydrogen (secondary N) is 2. The summed E-state index contributed by atoms with van der Waals surface area (Å²) < 4.78 is 18.1. The molecular formula is C17H20FN3O. The summed E-state index contributed by atoms with van der Waals surface area (Å²) in [5, 5.41) is 6.42. The average molecular weight is 301 g/mol. The van der Waals surface area contributed by atoms with Gasteiger partial charge in [0.25, 0.3) is 0 Å². The Morgan fingerprint density at radius 3 is 2.36 bits per heavy atom. The number of rotatable bonds is 5. The van der Waals surface area contributed by atoms with Gasteiger partial charge in [-0.1, -0.05) is 24.3 Å². The van der Waals surface area contributed by atoms with Crippen LogP contribution in [0.15, 0.2) is 53.5 Å². The predicted octanol–water partition coefficient (Wildman–Crippen LogP) is 2.70. The first-order valence-corrected chi connectivity index (χ1v) is 7.03. The molecule has 116 valence electrons. The molecule has 0 amide bonds. The van der Waals surface area contributed by atoms with Crippen LogP contribution in [0.5, 0.6) is 5.75 Å². The van der Waals surface area contributed by atoms with E-state index >= 15 is 0 Å². The lowest BCUT2D eigenvalue weighted by atomic mass is 10.2. The zero-order chi connectivity index (χ0) is 15.8. The molecule has 0 radical (unpaired) electrons. The van der Waals surface area contributed by atoms with Gasteiger partial charge < -0.3 is 15.4 Å². The van der Waals surface area contributed by atoms with Gasteiger partial charge in [0.2, 0.25) is 0 Å². The van der Waals surface area contributed by atoms with Crippen LogP contribution >= 0.6 is 0 Å². The third kappa shape index (κ3) is 4.77. The Morgan fingerprint density at radius 1 is 1.05 bits per heavy atom. The summed E-state index contributed by atoms with van der Waals surface area (Å²) in [4.78, 5) is 4.17. The van der Waals surface area contributed by atoms with Gasteiger partial charge in [-0.15, -0.1) is 0 Å². The maximum atomic E-state index is 12.9. The molecule has 2 rings (SSSR count). The normalized spacial score (nSPS) is 11.1. The van der Waals surface area contributed by atoms with Crippen molar-refractivity contribution in [2.75, 3.05) is 14.2 Å². The minimum absolute atomic E-state index is 0.232. The van der Waals surface area contributed by atoms with Gasteiger partial charge in [-0.05, 0) is 35.4 Å². The van der Waals surface area contributed by atoms with Crippen molar-refractivity contribution in [2.24, 2.45) is 4.99 Å². The highest BCUT2D eigenvalue weighted by Gasteiger charge is 2.00. The topological polar surface area (TPSA) is 45.7 Å². The third-order valence-electron chi connectivity index (χ3n) is 3.19. The van der Waals surface area contributed by atoms with Crippen LogP contribution in [0.25, 0.3) is 0 Å². The van der Waals surface area contributed by atoms with E-state index in [2.05, 4.69) is 15.6 Å². The van der Waals surface area contributed by atoms with Crippen molar-refractivity contribution in [3.8, 4) is 5.75 Å². The number of hydrogen-bond acceptors (Lipinski definition) is 2. The Bertz CT molecular complexity index is 626. The highest BCUT2D eigenvalue weighted by atomic mass is 19.1. The van der Waals surface area contributed by atoms with Gasteiger partial charge in [0.1, 0.15) is 11.6 Å². The maximum Gasteiger partial charge on any atom is 0.191 e. The number of benzene rings is 2. The molecule has 0 aliphatic heterocycles. The molecule has 0 unspecified atom stereocenters. The summed E-state index contributed by atoms with van der Waals surface area (Å²) in [5.74, 6) is 1.28. The van der Waals surface area contributed by atoms with E-state index in [9.17, 15) is 4.39 Å². The van der Waals surface area contributed by atoms with E-state index in [1.54, 1.807) is 26.3 Å². The van der Waals surface area contributed by atoms with Gasteiger partial charge >= 0.3 is 0 Å². The van der Waals surface area contributed by atoms with Crippen LogP contribution in [0.2, 0.25) is 0 Å². The Kier molecular flexibility index (Phi) is 5.77. The summed E-state index contributed by atoms with van der Waals surface area (Å²) in [7, 11) is 3.36. The molecular weight excluding hydrogens is 281 g/mol. The molecule has 0 spiro atoms. The number of aliphatic imine (C=N–C) groups is 1. The summed E-state index contributed by atoms with van der Waals surface area (Å²) in [5.41, 5.74) is 2.09. The molecule has 0 atom stereocenters. The van der Waals surface area contributed by atoms with Gasteiger partial charge in [0.05, 0.1) is 7.11 Å². The zero-order valence-corrected chi connectivity index (χ0v) is 12.8. The van der Waals surface area contributed by atoms with Crippen molar-refractivity contribution in [3.63, 3.8) is 0 Å². The van der Waals surface area contributed by atoms with Crippen LogP contribution < -0.4 is 15.4 Å². The molecule has 2 N–H and O–H groups in total. The van der Waals surface area contributed by atoms with Crippen LogP contribution in [-0.4, -0.2) is 20.1 Å². The van der Waals surface area contributed by atoms with Crippen molar-refractivity contribution in [2.45, 2.75) is 13.1 Å². The van der Waals surface area contributed by atoms with E-state index in [0.717, 1.165) is 16.9 Å². The van der Waals surface area contributed by atoms with E-state index < -0.39 is 0 Å². The third-order valence-corrected chi connectivity index (χ3v) is 3.19. The number of ether oxygens (including phenoxy) is 1. The molecule has 0 fully saturated rings. The molecule has 0 aliphatic rings. The fourth-order valence-corrected chi connectivity index (χ4v) is 1.98. The minimum atomic E-state index is -0.232. The van der Waals surface area contributed by atoms with Gasteiger partial charge in [-0.25, -0.2) is 4.39 Å². The minimum Gasteiger partial charge on any atom is -0.497 e. The standard InChI is InChI=1S/C17H20FN3O/c1-19-17(20-11-13-6-8-15(18)9-7-13)21-12-14-4-3-5-16(10-14)22-2/h3-10H,11-12H2,1-2H3,(H2,19,20,21). The van der Waals surface area contributed by atoms with Crippen molar-refractivity contribution >= 4 is 5.96 Å². The molecule has 2 aromatic rings. The van der Waals surface area contributed by atoms with Gasteiger partial charge in [-0.2, -0.15) is 0 Å². The van der Waals surface area contributed by atoms with Crippen LogP contribution in [-0.2, 0) is 13.1 Å². The summed E-state index contributed by atoms with van der Waals surface area (Å²) in [6, 6.07) is 14.2. The van der Waals surface area contributed by atoms with Crippen LogP contribution in [0.3, 0.4) is 0 Å². The first-order chi connectivity index (χ1) is 10.7. The Morgan fingerprint density at radius 2 is 1.73 bits per heavy atom. The monoisotopic (exact) mass is 301 g/mol. The summed E-state index contributed by atoms with van der Waals surface area (Å²) >= 11 is 0. The predicted molar refractivity (Wildman–Crippen MR) is 86.4 cm³/mol. The Balaban J connectivity index is 1.85. The van der Waals surface area contributed by atoms with Crippen molar-refractivity contribution in [1.29, 1.82) is 0 Å². The molecule has 0 aromatic heterocycles. The molecule has 0 saturated carbocycles. The smallest absolute Gasteiger partial charge is 0.191 e. The lowest BCUT2D eigenvalue weighted by Crippen LogP contribution is -2.36. The van der Waals surface area contributed by atoms with Crippen molar-refractivity contribution in [1.82, 2.24) is 10.6 Å². The molecule has 0 aliphatic carbocycles. The van der Waals surface area contributed by atoms with Crippen molar-refractivity contribution < 1.29 is 9.13 Å². The molecule has 5 heteroatoms. The fourth-order valence-electron chi connectivity index (χ4n) is 1.98. The van der Waals surface area contributed by atoms with E-state index in [1.807, 2.05) is 24.3 Å². The fraction of sp³-hybridized carbons (Fsp3) is 0.235. The maximum absolute atomic E-state index is 12.9. The molecule has 0 heterocycles. The van der Waals surface area contributed by atoms with Crippen LogP contribution in [0, 0.1) is 5.82 Å². The second-order valence-electron chi connectivity index (χ2n) is 4.76. The lowest BCUT2D eigenvalue weighted by molar-refractivity contribution is 0.414. The second-order valence-corrected chi connectivity index (χ2v) is 4.76. The summed E-state index contributed by atoms with van der Waals surface area (Å²) in [6.07, 6.45) is 0. The summed E-state index contributed by atoms with van der Waals surface area (Å²) in [6.45, 7) is 1.22. The van der Waals surface area contributed by atoms with Gasteiger partial charge in [-0.3, -0.25) is 4.99 Å². The Labute approximate surface area is 130 Å². The highest BCUT2D eigenvalue weighted by Crippen LogP contribution is 2.12. The SMILES string of the molecule is CN=C(NCc1ccc(F)cc1)NCc1cccc(OC)c1. The molecule has 22 heavy (non-hydrogen) atoms. The molecule has 0 bridgehead atoms. The highest BCUT2D eigenvalue weighted by molar-refractivity contribution is 5.79. The van der Waals surface area contributed by atoms with Crippen LogP contribution in [0.1, 0.15) is 11.1 Å². The number of guanidine groups is 1. The quantitative estimate of drug-likeness (QED) is 0.659. The number of nitrogens with zero attached hydrogens (tertiary/aromatic N) is 1. The zero-order valence-electron chi connectivity index (χ0n) is 12.8. The van der Waals surface area contributed by atoms with E-state index in [0.29, 0.717) is 19.0 Å². The first kappa shape index (κ1) is 15.8. The van der Waals surface area contributed by atoms with E-state index in [4.69, 9.17) is 4.74 Å². The second kappa shape index (κ2) is 8.02. The number of methoxy groups -OCH3 is 1. The number of hydrogen-bond donors (Lipinski definition) is 2. The van der Waals surface area contributed by atoms with Crippen molar-refractivity contribution in [3.05, 3.63) is 65.5 Å². The first-order valence-electron chi connectivity index (χ1n) is 7.03. The lowest BCUT2D eigenvalue weighted by Gasteiger charge is -2.12. The van der Waals surface area contributed by atoms with E-state index in [1.165, 1.54) is 12.1 Å². The Hall–Kier alpha value is -2.56. The number of halogens is 1. The van der Waals surface area contributed by atoms with E-state index in [-0.39, 0.29) is 5.82 Å².